The molecule has 0 fully saturated rings. The smallest absolute Gasteiger partial charge is 0.284 e. The molecular weight excluding hydrogens is 951 g/mol. The lowest BCUT2D eigenvalue weighted by molar-refractivity contribution is -0.124. The zero-order chi connectivity index (χ0) is 50.5. The SMILES string of the molecule is CCC(=O)NS(=O)(=O)c1ccc(Nc2nc(N)n(C(=O)c3c(C)cccc3F)n2)cc1.COCCOCCOCC(=O)NS(=O)(=O)c1ccc(Nc2nc(N)n(C(=O)c3c(C)cccc3F)n2)cc1. The molecule has 27 heteroatoms. The summed E-state index contributed by atoms with van der Waals surface area (Å²) in [6, 6.07) is 19.1. The lowest BCUT2D eigenvalue weighted by atomic mass is 10.1. The second-order valence-corrected chi connectivity index (χ2v) is 17.6. The minimum absolute atomic E-state index is 0.0275. The molecular formula is C42H46F2N12O11S2. The molecule has 0 bridgehead atoms. The molecule has 0 aliphatic heterocycles. The van der Waals surface area contributed by atoms with Gasteiger partial charge < -0.3 is 36.3 Å². The summed E-state index contributed by atoms with van der Waals surface area (Å²) in [6.07, 6.45) is 0.0275. The number of nitrogens with two attached hydrogens (primary N) is 2. The van der Waals surface area contributed by atoms with Gasteiger partial charge in [0.05, 0.1) is 47.3 Å². The number of nitrogens with zero attached hydrogens (tertiary/aromatic N) is 6. The third kappa shape index (κ3) is 13.9. The summed E-state index contributed by atoms with van der Waals surface area (Å²) in [5.41, 5.74) is 12.8. The number of ether oxygens (including phenoxy) is 3. The van der Waals surface area contributed by atoms with E-state index in [1.54, 1.807) is 33.1 Å². The Morgan fingerprint density at radius 3 is 1.42 bits per heavy atom. The van der Waals surface area contributed by atoms with E-state index < -0.39 is 61.9 Å². The highest BCUT2D eigenvalue weighted by molar-refractivity contribution is 7.90. The van der Waals surface area contributed by atoms with E-state index in [2.05, 4.69) is 30.8 Å². The van der Waals surface area contributed by atoms with E-state index in [0.717, 1.165) is 21.5 Å². The number of amides is 2. The van der Waals surface area contributed by atoms with Gasteiger partial charge >= 0.3 is 0 Å². The average molecular weight is 997 g/mol. The van der Waals surface area contributed by atoms with Crippen LogP contribution in [0.15, 0.2) is 94.7 Å². The van der Waals surface area contributed by atoms with Crippen LogP contribution < -0.4 is 31.5 Å². The molecule has 23 nitrogen and oxygen atoms in total. The predicted octanol–water partition coefficient (Wildman–Crippen LogP) is 3.18. The number of hydrogen-bond donors (Lipinski definition) is 6. The third-order valence-electron chi connectivity index (χ3n) is 9.22. The largest absolute Gasteiger partial charge is 0.382 e. The van der Waals surface area contributed by atoms with Crippen LogP contribution in [-0.4, -0.2) is 110 Å². The fraction of sp³-hybridized carbons (Fsp3) is 0.238. The number of anilines is 6. The number of aromatic nitrogens is 6. The van der Waals surface area contributed by atoms with E-state index >= 15 is 0 Å². The molecule has 0 aliphatic rings. The number of hydrogen-bond acceptors (Lipinski definition) is 19. The molecule has 2 aromatic heterocycles. The number of nitrogen functional groups attached to an aromatic ring is 2. The minimum atomic E-state index is -4.15. The Hall–Kier alpha value is -7.72. The molecule has 2 heterocycles. The van der Waals surface area contributed by atoms with Crippen molar-refractivity contribution in [1.29, 1.82) is 0 Å². The molecule has 0 radical (unpaired) electrons. The summed E-state index contributed by atoms with van der Waals surface area (Å²) in [4.78, 5) is 56.3. The zero-order valence-corrected chi connectivity index (χ0v) is 38.9. The molecule has 0 spiro atoms. The van der Waals surface area contributed by atoms with Crippen molar-refractivity contribution < 1.29 is 59.0 Å². The summed E-state index contributed by atoms with van der Waals surface area (Å²) < 4.78 is 97.9. The van der Waals surface area contributed by atoms with Crippen LogP contribution in [0.4, 0.5) is 43.9 Å². The summed E-state index contributed by atoms with van der Waals surface area (Å²) in [5.74, 6) is -5.11. The normalized spacial score (nSPS) is 11.3. The van der Waals surface area contributed by atoms with E-state index in [9.17, 15) is 44.8 Å². The fourth-order valence-corrected chi connectivity index (χ4v) is 7.84. The first-order valence-electron chi connectivity index (χ1n) is 20.3. The summed E-state index contributed by atoms with van der Waals surface area (Å²) >= 11 is 0. The van der Waals surface area contributed by atoms with E-state index in [1.165, 1.54) is 67.6 Å². The van der Waals surface area contributed by atoms with E-state index in [-0.39, 0.29) is 64.3 Å². The van der Waals surface area contributed by atoms with Crippen LogP contribution in [0.3, 0.4) is 0 Å². The molecule has 6 rings (SSSR count). The number of methoxy groups -OCH3 is 1. The van der Waals surface area contributed by atoms with Gasteiger partial charge in [-0.25, -0.2) is 35.1 Å². The molecule has 2 amide bonds. The highest BCUT2D eigenvalue weighted by Crippen LogP contribution is 2.22. The maximum atomic E-state index is 14.2. The van der Waals surface area contributed by atoms with Gasteiger partial charge in [-0.15, -0.1) is 10.2 Å². The van der Waals surface area contributed by atoms with Gasteiger partial charge in [0.15, 0.2) is 0 Å². The van der Waals surface area contributed by atoms with Crippen LogP contribution in [0.2, 0.25) is 0 Å². The second kappa shape index (κ2) is 23.3. The van der Waals surface area contributed by atoms with Crippen LogP contribution in [-0.2, 0) is 43.8 Å². The van der Waals surface area contributed by atoms with E-state index in [1.807, 2.05) is 9.44 Å². The third-order valence-corrected chi connectivity index (χ3v) is 12.0. The van der Waals surface area contributed by atoms with E-state index in [0.29, 0.717) is 35.7 Å². The Balaban J connectivity index is 0.000000263. The number of halogens is 2. The average Bonchev–Trinajstić information content (AvgIpc) is 3.86. The van der Waals surface area contributed by atoms with Gasteiger partial charge in [0.25, 0.3) is 37.8 Å². The first-order valence-corrected chi connectivity index (χ1v) is 23.3. The Bertz CT molecular complexity index is 3000. The summed E-state index contributed by atoms with van der Waals surface area (Å²) in [7, 11) is -6.58. The van der Waals surface area contributed by atoms with Crippen LogP contribution in [0, 0.1) is 25.5 Å². The number of sulfonamides is 2. The number of benzene rings is 4. The molecule has 6 aromatic rings. The number of carbonyl (C=O) groups excluding carboxylic acids is 4. The summed E-state index contributed by atoms with van der Waals surface area (Å²) in [5, 5.41) is 13.5. The maximum absolute atomic E-state index is 14.2. The van der Waals surface area contributed by atoms with Gasteiger partial charge in [0.1, 0.15) is 18.2 Å². The minimum Gasteiger partial charge on any atom is -0.382 e. The van der Waals surface area contributed by atoms with Crippen molar-refractivity contribution in [2.24, 2.45) is 0 Å². The highest BCUT2D eigenvalue weighted by Gasteiger charge is 2.24. The van der Waals surface area contributed by atoms with Crippen molar-refractivity contribution in [1.82, 2.24) is 39.0 Å². The quantitative estimate of drug-likeness (QED) is 0.0635. The number of rotatable bonds is 19. The zero-order valence-electron chi connectivity index (χ0n) is 37.2. The molecule has 366 valence electrons. The molecule has 0 unspecified atom stereocenters. The first kappa shape index (κ1) is 52.3. The Labute approximate surface area is 393 Å². The van der Waals surface area contributed by atoms with Crippen molar-refractivity contribution in [2.45, 2.75) is 37.0 Å². The van der Waals surface area contributed by atoms with Crippen LogP contribution in [0.5, 0.6) is 0 Å². The topological polar surface area (TPSA) is 326 Å². The fourth-order valence-electron chi connectivity index (χ4n) is 5.81. The van der Waals surface area contributed by atoms with Crippen molar-refractivity contribution in [3.63, 3.8) is 0 Å². The summed E-state index contributed by atoms with van der Waals surface area (Å²) in [6.45, 7) is 5.37. The van der Waals surface area contributed by atoms with Gasteiger partial charge in [0, 0.05) is 24.9 Å². The van der Waals surface area contributed by atoms with Crippen molar-refractivity contribution >= 4 is 78.8 Å². The molecule has 0 aliphatic carbocycles. The Kier molecular flexibility index (Phi) is 17.7. The number of aryl methyl sites for hydroxylation is 2. The monoisotopic (exact) mass is 996 g/mol. The van der Waals surface area contributed by atoms with Gasteiger partial charge in [-0.2, -0.15) is 19.3 Å². The standard InChI is InChI=1S/C23H27FN6O7S.C19H19FN6O4S/c1-15-4-3-5-18(24)20(15)21(32)30-22(25)27-23(28-30)26-16-6-8-17(9-7-16)38(33,34)29-19(31)14-37-13-12-36-11-10-35-2;1-3-15(27)25-31(29,30)13-9-7-12(8-10-13)22-19-23-18(21)26(24-19)17(28)16-11(2)5-4-6-14(16)20/h3-9H,10-14H2,1-2H3,(H,29,31)(H3,25,26,27,28);4-10H,3H2,1-2H3,(H,25,27)(H3,21,22,23,24). The molecule has 4 aromatic carbocycles. The Morgan fingerprint density at radius 2 is 1.01 bits per heavy atom. The van der Waals surface area contributed by atoms with Crippen molar-refractivity contribution in [3.8, 4) is 0 Å². The Morgan fingerprint density at radius 1 is 0.609 bits per heavy atom. The second-order valence-electron chi connectivity index (χ2n) is 14.3. The first-order chi connectivity index (χ1) is 32.7. The lowest BCUT2D eigenvalue weighted by Gasteiger charge is -2.09. The van der Waals surface area contributed by atoms with Gasteiger partial charge in [-0.05, 0) is 85.6 Å². The number of carbonyl (C=O) groups is 4. The molecule has 8 N–H and O–H groups in total. The number of nitrogens with one attached hydrogen (secondary N) is 4. The van der Waals surface area contributed by atoms with Crippen molar-refractivity contribution in [2.75, 3.05) is 62.2 Å². The van der Waals surface area contributed by atoms with Crippen LogP contribution in [0.1, 0.15) is 45.2 Å². The highest BCUT2D eigenvalue weighted by atomic mass is 32.2. The van der Waals surface area contributed by atoms with Gasteiger partial charge in [-0.3, -0.25) is 19.2 Å². The molecule has 69 heavy (non-hydrogen) atoms. The molecule has 0 saturated carbocycles. The van der Waals surface area contributed by atoms with Crippen molar-refractivity contribution in [3.05, 3.63) is 119 Å². The van der Waals surface area contributed by atoms with Gasteiger partial charge in [-0.1, -0.05) is 31.2 Å². The van der Waals surface area contributed by atoms with Gasteiger partial charge in [0.2, 0.25) is 29.7 Å². The van der Waals surface area contributed by atoms with Crippen LogP contribution >= 0.6 is 0 Å². The van der Waals surface area contributed by atoms with E-state index in [4.69, 9.17) is 25.7 Å². The van der Waals surface area contributed by atoms with Crippen LogP contribution in [0.25, 0.3) is 0 Å². The predicted molar refractivity (Wildman–Crippen MR) is 245 cm³/mol. The lowest BCUT2D eigenvalue weighted by Crippen LogP contribution is -2.33. The maximum Gasteiger partial charge on any atom is 0.284 e. The molecule has 0 saturated heterocycles. The molecule has 0 atom stereocenters.